The third kappa shape index (κ3) is 5.30. The average molecular weight is 511 g/mol. The second-order valence-corrected chi connectivity index (χ2v) is 10.4. The van der Waals surface area contributed by atoms with Crippen LogP contribution in [0.5, 0.6) is 5.75 Å². The summed E-state index contributed by atoms with van der Waals surface area (Å²) in [4.78, 5) is 24.2. The normalized spacial score (nSPS) is 14.7. The van der Waals surface area contributed by atoms with E-state index in [2.05, 4.69) is 48.0 Å². The number of aromatic nitrogens is 1. The molecule has 4 aromatic rings. The molecular weight excluding hydrogens is 476 g/mol. The lowest BCUT2D eigenvalue weighted by molar-refractivity contribution is -0.144. The Balaban J connectivity index is 1.32. The smallest absolute Gasteiger partial charge is 0.344 e. The lowest BCUT2D eigenvalue weighted by Crippen LogP contribution is -2.26. The molecule has 0 spiro atoms. The van der Waals surface area contributed by atoms with Gasteiger partial charge in [0.25, 0.3) is 5.91 Å². The van der Waals surface area contributed by atoms with Gasteiger partial charge >= 0.3 is 5.97 Å². The Morgan fingerprint density at radius 2 is 1.76 bits per heavy atom. The van der Waals surface area contributed by atoms with Gasteiger partial charge in [-0.15, -0.1) is 0 Å². The molecule has 1 heterocycles. The molecule has 1 aliphatic rings. The highest BCUT2D eigenvalue weighted by Crippen LogP contribution is 2.40. The number of carbonyl (C=O) groups is 2. The SMILES string of the molecule is Cc1c(C)n(Cc2ccc(OC(C)C(=O)O)cc2)c2ccc(C(=O)N[C@@H](C)c3cccc(C4CC4)c3)cc12. The van der Waals surface area contributed by atoms with Crippen LogP contribution in [-0.4, -0.2) is 27.7 Å². The van der Waals surface area contributed by atoms with Gasteiger partial charge < -0.3 is 19.7 Å². The van der Waals surface area contributed by atoms with Crippen LogP contribution in [0.2, 0.25) is 0 Å². The average Bonchev–Trinajstić information content (AvgIpc) is 3.74. The van der Waals surface area contributed by atoms with Gasteiger partial charge in [-0.05, 0) is 99.0 Å². The lowest BCUT2D eigenvalue weighted by Gasteiger charge is -2.16. The molecule has 6 nitrogen and oxygen atoms in total. The Morgan fingerprint density at radius 1 is 1.03 bits per heavy atom. The Labute approximate surface area is 223 Å². The topological polar surface area (TPSA) is 80.6 Å². The molecule has 2 atom stereocenters. The van der Waals surface area contributed by atoms with Gasteiger partial charge in [0, 0.05) is 28.7 Å². The molecule has 1 aliphatic carbocycles. The van der Waals surface area contributed by atoms with E-state index in [4.69, 9.17) is 9.84 Å². The number of aryl methyl sites for hydroxylation is 1. The summed E-state index contributed by atoms with van der Waals surface area (Å²) < 4.78 is 7.69. The van der Waals surface area contributed by atoms with Gasteiger partial charge in [0.15, 0.2) is 6.10 Å². The highest BCUT2D eigenvalue weighted by Gasteiger charge is 2.24. The predicted octanol–water partition coefficient (Wildman–Crippen LogP) is 6.53. The van der Waals surface area contributed by atoms with Crippen molar-refractivity contribution in [2.45, 2.75) is 65.1 Å². The van der Waals surface area contributed by atoms with E-state index in [1.165, 1.54) is 25.3 Å². The van der Waals surface area contributed by atoms with Crippen molar-refractivity contribution in [3.63, 3.8) is 0 Å². The second kappa shape index (κ2) is 10.4. The summed E-state index contributed by atoms with van der Waals surface area (Å²) in [7, 11) is 0. The molecule has 196 valence electrons. The maximum atomic E-state index is 13.2. The molecule has 6 heteroatoms. The van der Waals surface area contributed by atoms with Crippen LogP contribution in [-0.2, 0) is 11.3 Å². The number of carboxylic acids is 1. The minimum absolute atomic E-state index is 0.0743. The van der Waals surface area contributed by atoms with Crippen molar-refractivity contribution >= 4 is 22.8 Å². The molecular formula is C32H34N2O4. The molecule has 1 aromatic heterocycles. The third-order valence-corrected chi connectivity index (χ3v) is 7.63. The number of hydrogen-bond acceptors (Lipinski definition) is 3. The summed E-state index contributed by atoms with van der Waals surface area (Å²) in [5.74, 6) is 0.136. The van der Waals surface area contributed by atoms with Crippen molar-refractivity contribution in [3.8, 4) is 5.75 Å². The number of ether oxygens (including phenoxy) is 1. The van der Waals surface area contributed by atoms with E-state index < -0.39 is 12.1 Å². The summed E-state index contributed by atoms with van der Waals surface area (Å²) >= 11 is 0. The van der Waals surface area contributed by atoms with E-state index in [-0.39, 0.29) is 11.9 Å². The van der Waals surface area contributed by atoms with Gasteiger partial charge in [-0.1, -0.05) is 36.4 Å². The van der Waals surface area contributed by atoms with Gasteiger partial charge in [0.1, 0.15) is 5.75 Å². The molecule has 2 N–H and O–H groups in total. The van der Waals surface area contributed by atoms with Crippen LogP contribution in [0.15, 0.2) is 66.7 Å². The van der Waals surface area contributed by atoms with Crippen molar-refractivity contribution in [1.29, 1.82) is 0 Å². The molecule has 1 unspecified atom stereocenters. The minimum Gasteiger partial charge on any atom is -0.479 e. The first-order chi connectivity index (χ1) is 18.2. The van der Waals surface area contributed by atoms with Crippen molar-refractivity contribution in [2.75, 3.05) is 0 Å². The van der Waals surface area contributed by atoms with Crippen molar-refractivity contribution in [2.24, 2.45) is 0 Å². The monoisotopic (exact) mass is 510 g/mol. The van der Waals surface area contributed by atoms with E-state index in [9.17, 15) is 9.59 Å². The zero-order valence-corrected chi connectivity index (χ0v) is 22.3. The van der Waals surface area contributed by atoms with Gasteiger partial charge in [-0.25, -0.2) is 4.79 Å². The van der Waals surface area contributed by atoms with Gasteiger partial charge in [-0.2, -0.15) is 0 Å². The molecule has 3 aromatic carbocycles. The fraction of sp³-hybridized carbons (Fsp3) is 0.312. The summed E-state index contributed by atoms with van der Waals surface area (Å²) in [6.07, 6.45) is 1.62. The Kier molecular flexibility index (Phi) is 6.98. The van der Waals surface area contributed by atoms with Crippen LogP contribution in [0, 0.1) is 13.8 Å². The number of nitrogens with zero attached hydrogens (tertiary/aromatic N) is 1. The molecule has 5 rings (SSSR count). The second-order valence-electron chi connectivity index (χ2n) is 10.4. The van der Waals surface area contributed by atoms with Crippen LogP contribution in [0.1, 0.15) is 77.0 Å². The first kappa shape index (κ1) is 25.6. The standard InChI is InChI=1S/C32H34N2O4/c1-19-21(3)34(18-23-8-13-28(14-9-23)38-22(4)32(36)37)30-15-12-27(17-29(19)30)31(35)33-20(2)25-6-5-7-26(16-25)24-10-11-24/h5-9,12-17,20,22,24H,10-11,18H2,1-4H3,(H,33,35)(H,36,37)/t20-,22?/m0/s1. The molecule has 0 saturated heterocycles. The quantitative estimate of drug-likeness (QED) is 0.268. The number of hydrogen-bond donors (Lipinski definition) is 2. The molecule has 0 bridgehead atoms. The van der Waals surface area contributed by atoms with Crippen LogP contribution in [0.3, 0.4) is 0 Å². The third-order valence-electron chi connectivity index (χ3n) is 7.63. The number of amides is 1. The van der Waals surface area contributed by atoms with E-state index in [1.54, 1.807) is 12.1 Å². The number of carboxylic acid groups (broad SMARTS) is 1. The lowest BCUT2D eigenvalue weighted by atomic mass is 10.0. The molecule has 1 fully saturated rings. The maximum Gasteiger partial charge on any atom is 0.344 e. The summed E-state index contributed by atoms with van der Waals surface area (Å²) in [5, 5.41) is 13.3. The zero-order valence-electron chi connectivity index (χ0n) is 22.3. The molecule has 0 aliphatic heterocycles. The summed E-state index contributed by atoms with van der Waals surface area (Å²) in [6.45, 7) is 8.38. The number of benzene rings is 3. The van der Waals surface area contributed by atoms with E-state index in [0.717, 1.165) is 33.3 Å². The zero-order chi connectivity index (χ0) is 27.0. The molecule has 38 heavy (non-hydrogen) atoms. The molecule has 1 saturated carbocycles. The van der Waals surface area contributed by atoms with E-state index in [1.807, 2.05) is 37.3 Å². The number of rotatable bonds is 9. The first-order valence-electron chi connectivity index (χ1n) is 13.2. The number of carbonyl (C=O) groups excluding carboxylic acids is 1. The van der Waals surface area contributed by atoms with Crippen LogP contribution < -0.4 is 10.1 Å². The minimum atomic E-state index is -0.996. The van der Waals surface area contributed by atoms with E-state index in [0.29, 0.717) is 23.8 Å². The molecule has 1 amide bonds. The highest BCUT2D eigenvalue weighted by atomic mass is 16.5. The fourth-order valence-corrected chi connectivity index (χ4v) is 4.97. The van der Waals surface area contributed by atoms with Gasteiger partial charge in [0.2, 0.25) is 0 Å². The van der Waals surface area contributed by atoms with Crippen LogP contribution >= 0.6 is 0 Å². The number of aliphatic carboxylic acids is 1. The Hall–Kier alpha value is -4.06. The Morgan fingerprint density at radius 3 is 2.45 bits per heavy atom. The van der Waals surface area contributed by atoms with Gasteiger partial charge in [0.05, 0.1) is 6.04 Å². The van der Waals surface area contributed by atoms with E-state index >= 15 is 0 Å². The van der Waals surface area contributed by atoms with Crippen molar-refractivity contribution in [3.05, 3.63) is 100 Å². The maximum absolute atomic E-state index is 13.2. The highest BCUT2D eigenvalue weighted by molar-refractivity contribution is 5.99. The predicted molar refractivity (Wildman–Crippen MR) is 149 cm³/mol. The number of fused-ring (bicyclic) bond motifs is 1. The number of nitrogens with one attached hydrogen (secondary N) is 1. The fourth-order valence-electron chi connectivity index (χ4n) is 4.97. The van der Waals surface area contributed by atoms with Crippen molar-refractivity contribution in [1.82, 2.24) is 9.88 Å². The van der Waals surface area contributed by atoms with Crippen LogP contribution in [0.4, 0.5) is 0 Å². The Bertz CT molecular complexity index is 1500. The summed E-state index contributed by atoms with van der Waals surface area (Å²) in [6, 6.07) is 21.9. The first-order valence-corrected chi connectivity index (χ1v) is 13.2. The summed E-state index contributed by atoms with van der Waals surface area (Å²) in [5.41, 5.74) is 7.59. The van der Waals surface area contributed by atoms with Crippen LogP contribution in [0.25, 0.3) is 10.9 Å². The van der Waals surface area contributed by atoms with Crippen molar-refractivity contribution < 1.29 is 19.4 Å². The largest absolute Gasteiger partial charge is 0.479 e. The molecule has 0 radical (unpaired) electrons. The van der Waals surface area contributed by atoms with Gasteiger partial charge in [-0.3, -0.25) is 4.79 Å².